The van der Waals surface area contributed by atoms with E-state index in [1.54, 1.807) is 37.4 Å². The third-order valence-electron chi connectivity index (χ3n) is 3.05. The Hall–Kier alpha value is -2.12. The number of nitrogens with zero attached hydrogens (tertiary/aromatic N) is 4. The van der Waals surface area contributed by atoms with Gasteiger partial charge in [0, 0.05) is 27.6 Å². The number of anilines is 1. The molecule has 19 heavy (non-hydrogen) atoms. The first-order valence-corrected chi connectivity index (χ1v) is 5.98. The van der Waals surface area contributed by atoms with Crippen molar-refractivity contribution in [1.82, 2.24) is 14.5 Å². The number of rotatable bonds is 5. The van der Waals surface area contributed by atoms with Gasteiger partial charge in [0.15, 0.2) is 0 Å². The molecule has 1 atom stereocenters. The summed E-state index contributed by atoms with van der Waals surface area (Å²) in [6.45, 7) is 5.78. The lowest BCUT2D eigenvalue weighted by Crippen LogP contribution is -2.39. The number of carbonyl (C=O) groups is 1. The molecule has 1 aromatic heterocycles. The third kappa shape index (κ3) is 3.01. The number of likely N-dealkylation sites (N-methyl/N-ethyl adjacent to an activating group) is 1. The van der Waals surface area contributed by atoms with E-state index >= 15 is 0 Å². The molecule has 0 saturated heterocycles. The summed E-state index contributed by atoms with van der Waals surface area (Å²) in [5.41, 5.74) is 0. The zero-order valence-corrected chi connectivity index (χ0v) is 11.8. The number of imidazole rings is 1. The van der Waals surface area contributed by atoms with Crippen LogP contribution in [-0.2, 0) is 11.8 Å². The summed E-state index contributed by atoms with van der Waals surface area (Å²) in [5, 5.41) is 13.8. The largest absolute Gasteiger partial charge is 0.406 e. The molecule has 0 fully saturated rings. The lowest BCUT2D eigenvalue weighted by Gasteiger charge is -2.21. The molecule has 1 amide bonds. The minimum atomic E-state index is -0.559. The molecule has 0 aliphatic rings. The van der Waals surface area contributed by atoms with Gasteiger partial charge in [0.05, 0.1) is 0 Å². The first kappa shape index (κ1) is 14.9. The average molecular weight is 269 g/mol. The Labute approximate surface area is 111 Å². The standard InChI is InChI=1S/C11H19N5O3/c1-6-14(4)11(17)7(2)12-9-10(16(18)19)13-8(3)15(9)5/h7,12H,6H2,1-5H3. The van der Waals surface area contributed by atoms with Crippen LogP contribution in [0, 0.1) is 17.0 Å². The van der Waals surface area contributed by atoms with Crippen LogP contribution in [0.15, 0.2) is 0 Å². The molecule has 1 aromatic rings. The summed E-state index contributed by atoms with van der Waals surface area (Å²) in [6, 6.07) is -0.557. The molecule has 8 nitrogen and oxygen atoms in total. The van der Waals surface area contributed by atoms with E-state index in [4.69, 9.17) is 0 Å². The van der Waals surface area contributed by atoms with Crippen molar-refractivity contribution in [3.63, 3.8) is 0 Å². The second-order valence-electron chi connectivity index (χ2n) is 4.37. The van der Waals surface area contributed by atoms with Crippen molar-refractivity contribution in [1.29, 1.82) is 0 Å². The van der Waals surface area contributed by atoms with Crippen LogP contribution < -0.4 is 5.32 Å². The Bertz CT molecular complexity index is 497. The Kier molecular flexibility index (Phi) is 4.47. The van der Waals surface area contributed by atoms with Crippen LogP contribution in [0.3, 0.4) is 0 Å². The number of aryl methyl sites for hydroxylation is 1. The highest BCUT2D eigenvalue weighted by molar-refractivity contribution is 5.84. The maximum Gasteiger partial charge on any atom is 0.406 e. The first-order valence-electron chi connectivity index (χ1n) is 5.98. The topological polar surface area (TPSA) is 93.3 Å². The van der Waals surface area contributed by atoms with Gasteiger partial charge in [0.2, 0.25) is 17.5 Å². The highest BCUT2D eigenvalue weighted by Gasteiger charge is 2.27. The average Bonchev–Trinajstić information content (AvgIpc) is 2.65. The van der Waals surface area contributed by atoms with Crippen molar-refractivity contribution < 1.29 is 9.72 Å². The maximum absolute atomic E-state index is 11.9. The number of hydrogen-bond donors (Lipinski definition) is 1. The Morgan fingerprint density at radius 1 is 1.63 bits per heavy atom. The van der Waals surface area contributed by atoms with E-state index in [0.29, 0.717) is 12.4 Å². The van der Waals surface area contributed by atoms with Gasteiger partial charge >= 0.3 is 5.82 Å². The molecule has 1 N–H and O–H groups in total. The van der Waals surface area contributed by atoms with Crippen molar-refractivity contribution in [3.8, 4) is 0 Å². The fourth-order valence-corrected chi connectivity index (χ4v) is 1.63. The zero-order chi connectivity index (χ0) is 14.7. The smallest absolute Gasteiger partial charge is 0.358 e. The van der Waals surface area contributed by atoms with Crippen LogP contribution in [-0.4, -0.2) is 44.9 Å². The summed E-state index contributed by atoms with van der Waals surface area (Å²) >= 11 is 0. The lowest BCUT2D eigenvalue weighted by molar-refractivity contribution is -0.388. The van der Waals surface area contributed by atoms with Crippen LogP contribution in [0.1, 0.15) is 19.7 Å². The molecule has 1 rings (SSSR count). The van der Waals surface area contributed by atoms with Gasteiger partial charge in [-0.1, -0.05) is 0 Å². The summed E-state index contributed by atoms with van der Waals surface area (Å²) in [5.74, 6) is 0.361. The fourth-order valence-electron chi connectivity index (χ4n) is 1.63. The van der Waals surface area contributed by atoms with Crippen molar-refractivity contribution in [2.24, 2.45) is 7.05 Å². The molecule has 106 valence electrons. The third-order valence-corrected chi connectivity index (χ3v) is 3.05. The van der Waals surface area contributed by atoms with Gasteiger partial charge in [-0.05, 0) is 23.8 Å². The highest BCUT2D eigenvalue weighted by Crippen LogP contribution is 2.24. The Morgan fingerprint density at radius 2 is 2.21 bits per heavy atom. The second-order valence-corrected chi connectivity index (χ2v) is 4.37. The van der Waals surface area contributed by atoms with Gasteiger partial charge in [0.1, 0.15) is 6.04 Å². The molecule has 0 aliphatic carbocycles. The van der Waals surface area contributed by atoms with E-state index in [-0.39, 0.29) is 17.5 Å². The minimum absolute atomic E-state index is 0.129. The van der Waals surface area contributed by atoms with Crippen molar-refractivity contribution >= 4 is 17.5 Å². The van der Waals surface area contributed by atoms with E-state index in [1.165, 1.54) is 0 Å². The Morgan fingerprint density at radius 3 is 2.68 bits per heavy atom. The fraction of sp³-hybridized carbons (Fsp3) is 0.636. The number of nitro groups is 1. The number of nitrogens with one attached hydrogen (secondary N) is 1. The molecule has 0 saturated carbocycles. The van der Waals surface area contributed by atoms with Gasteiger partial charge < -0.3 is 20.3 Å². The predicted molar refractivity (Wildman–Crippen MR) is 71.0 cm³/mol. The monoisotopic (exact) mass is 269 g/mol. The van der Waals surface area contributed by atoms with E-state index in [1.807, 2.05) is 6.92 Å². The van der Waals surface area contributed by atoms with E-state index in [2.05, 4.69) is 10.3 Å². The summed E-state index contributed by atoms with van der Waals surface area (Å²) in [4.78, 5) is 27.7. The van der Waals surface area contributed by atoms with Crippen LogP contribution in [0.25, 0.3) is 0 Å². The molecular formula is C11H19N5O3. The van der Waals surface area contributed by atoms with Gasteiger partial charge in [0.25, 0.3) is 0 Å². The summed E-state index contributed by atoms with van der Waals surface area (Å²) in [6.07, 6.45) is 0. The molecule has 1 heterocycles. The molecular weight excluding hydrogens is 250 g/mol. The van der Waals surface area contributed by atoms with E-state index in [9.17, 15) is 14.9 Å². The first-order chi connectivity index (χ1) is 8.79. The molecule has 8 heteroatoms. The van der Waals surface area contributed by atoms with Crippen LogP contribution in [0.5, 0.6) is 0 Å². The molecule has 0 spiro atoms. The maximum atomic E-state index is 11.9. The molecule has 1 unspecified atom stereocenters. The van der Waals surface area contributed by atoms with Crippen molar-refractivity contribution in [3.05, 3.63) is 15.9 Å². The molecule has 0 aromatic carbocycles. The van der Waals surface area contributed by atoms with Gasteiger partial charge in [-0.25, -0.2) is 0 Å². The van der Waals surface area contributed by atoms with Gasteiger partial charge in [-0.15, -0.1) is 0 Å². The zero-order valence-electron chi connectivity index (χ0n) is 11.8. The van der Waals surface area contributed by atoms with Crippen LogP contribution >= 0.6 is 0 Å². The predicted octanol–water partition coefficient (Wildman–Crippen LogP) is 0.915. The van der Waals surface area contributed by atoms with Gasteiger partial charge in [-0.3, -0.25) is 9.36 Å². The SMILES string of the molecule is CCN(C)C(=O)C(C)Nc1c([N+](=O)[O-])nc(C)n1C. The van der Waals surface area contributed by atoms with Gasteiger partial charge in [-0.2, -0.15) is 0 Å². The minimum Gasteiger partial charge on any atom is -0.358 e. The number of aromatic nitrogens is 2. The Balaban J connectivity index is 2.99. The lowest BCUT2D eigenvalue weighted by atomic mass is 10.3. The quantitative estimate of drug-likeness (QED) is 0.633. The molecule has 0 bridgehead atoms. The number of amides is 1. The van der Waals surface area contributed by atoms with Crippen molar-refractivity contribution in [2.45, 2.75) is 26.8 Å². The second kappa shape index (κ2) is 5.68. The normalized spacial score (nSPS) is 12.1. The van der Waals surface area contributed by atoms with E-state index < -0.39 is 11.0 Å². The highest BCUT2D eigenvalue weighted by atomic mass is 16.6. The summed E-state index contributed by atoms with van der Waals surface area (Å²) < 4.78 is 1.56. The van der Waals surface area contributed by atoms with Crippen LogP contribution in [0.4, 0.5) is 11.6 Å². The van der Waals surface area contributed by atoms with Crippen molar-refractivity contribution in [2.75, 3.05) is 18.9 Å². The van der Waals surface area contributed by atoms with Crippen LogP contribution in [0.2, 0.25) is 0 Å². The number of carbonyl (C=O) groups excluding carboxylic acids is 1. The molecule has 0 aliphatic heterocycles. The number of hydrogen-bond acceptors (Lipinski definition) is 5. The summed E-state index contributed by atoms with van der Waals surface area (Å²) in [7, 11) is 3.35. The van der Waals surface area contributed by atoms with E-state index in [0.717, 1.165) is 0 Å². The molecule has 0 radical (unpaired) electrons.